The highest BCUT2D eigenvalue weighted by Crippen LogP contribution is 2.22. The molecule has 2 rings (SSSR count). The van der Waals surface area contributed by atoms with Gasteiger partial charge in [0.25, 0.3) is 0 Å². The number of aryl methyl sites for hydroxylation is 1. The Morgan fingerprint density at radius 3 is 2.69 bits per heavy atom. The highest BCUT2D eigenvalue weighted by atomic mass is 16.5. The van der Waals surface area contributed by atoms with Gasteiger partial charge in [0, 0.05) is 18.5 Å². The molecule has 0 atom stereocenters. The van der Waals surface area contributed by atoms with E-state index in [0.717, 1.165) is 5.56 Å². The van der Waals surface area contributed by atoms with E-state index in [-0.39, 0.29) is 6.01 Å². The van der Waals surface area contributed by atoms with E-state index >= 15 is 0 Å². The molecule has 0 saturated carbocycles. The summed E-state index contributed by atoms with van der Waals surface area (Å²) in [6.45, 7) is 1.87. The number of ether oxygens (including phenoxy) is 1. The Hall–Kier alpha value is -2.41. The van der Waals surface area contributed by atoms with Crippen LogP contribution in [-0.4, -0.2) is 9.97 Å². The van der Waals surface area contributed by atoms with Crippen LogP contribution in [0.4, 0.5) is 0 Å². The number of nitrogens with zero attached hydrogens (tertiary/aromatic N) is 3. The minimum atomic E-state index is 0.270. The van der Waals surface area contributed by atoms with Gasteiger partial charge in [0.2, 0.25) is 0 Å². The van der Waals surface area contributed by atoms with Crippen molar-refractivity contribution in [2.45, 2.75) is 6.92 Å². The lowest BCUT2D eigenvalue weighted by atomic mass is 10.1. The Morgan fingerprint density at radius 1 is 1.31 bits per heavy atom. The van der Waals surface area contributed by atoms with Gasteiger partial charge in [0.05, 0.1) is 11.6 Å². The molecule has 16 heavy (non-hydrogen) atoms. The summed E-state index contributed by atoms with van der Waals surface area (Å²) >= 11 is 0. The topological polar surface area (TPSA) is 58.8 Å². The van der Waals surface area contributed by atoms with Gasteiger partial charge in [-0.05, 0) is 30.7 Å². The molecule has 4 nitrogen and oxygen atoms in total. The number of benzene rings is 1. The average molecular weight is 210 g/mol. The molecule has 0 aliphatic carbocycles. The van der Waals surface area contributed by atoms with Crippen LogP contribution in [0, 0.1) is 24.3 Å². The molecule has 0 amide bonds. The SMILES string of the molecule is Cc1cc(C#N)ccc1Oc1nc[c]cn1. The van der Waals surface area contributed by atoms with Crippen molar-refractivity contribution in [2.24, 2.45) is 0 Å². The highest BCUT2D eigenvalue weighted by molar-refractivity contribution is 5.42. The summed E-state index contributed by atoms with van der Waals surface area (Å²) in [7, 11) is 0. The van der Waals surface area contributed by atoms with Crippen LogP contribution in [0.2, 0.25) is 0 Å². The van der Waals surface area contributed by atoms with E-state index in [4.69, 9.17) is 10.00 Å². The van der Waals surface area contributed by atoms with Crippen LogP contribution in [0.1, 0.15) is 11.1 Å². The molecule has 1 heterocycles. The van der Waals surface area contributed by atoms with Crippen molar-refractivity contribution in [3.8, 4) is 17.8 Å². The first-order valence-electron chi connectivity index (χ1n) is 4.66. The molecule has 1 aromatic carbocycles. The molecule has 0 aliphatic heterocycles. The van der Waals surface area contributed by atoms with Crippen molar-refractivity contribution in [1.29, 1.82) is 5.26 Å². The van der Waals surface area contributed by atoms with Gasteiger partial charge in [-0.2, -0.15) is 5.26 Å². The summed E-state index contributed by atoms with van der Waals surface area (Å²) in [4.78, 5) is 7.81. The predicted molar refractivity (Wildman–Crippen MR) is 56.8 cm³/mol. The zero-order chi connectivity index (χ0) is 11.4. The Labute approximate surface area is 93.2 Å². The van der Waals surface area contributed by atoms with Crippen molar-refractivity contribution < 1.29 is 4.74 Å². The van der Waals surface area contributed by atoms with Gasteiger partial charge in [0.15, 0.2) is 0 Å². The third kappa shape index (κ3) is 2.15. The van der Waals surface area contributed by atoms with Crippen molar-refractivity contribution in [3.63, 3.8) is 0 Å². The summed E-state index contributed by atoms with van der Waals surface area (Å²) in [5.41, 5.74) is 1.47. The molecule has 1 aromatic heterocycles. The Balaban J connectivity index is 2.27. The predicted octanol–water partition coefficient (Wildman–Crippen LogP) is 2.25. The normalized spacial score (nSPS) is 9.50. The largest absolute Gasteiger partial charge is 0.424 e. The van der Waals surface area contributed by atoms with Crippen LogP contribution < -0.4 is 4.74 Å². The number of hydrogen-bond acceptors (Lipinski definition) is 4. The summed E-state index contributed by atoms with van der Waals surface area (Å²) in [5.74, 6) is 0.644. The Bertz CT molecular complexity index is 532. The molecule has 0 aliphatic rings. The van der Waals surface area contributed by atoms with Gasteiger partial charge in [-0.25, -0.2) is 9.97 Å². The molecule has 0 saturated heterocycles. The lowest BCUT2D eigenvalue weighted by Gasteiger charge is -2.06. The highest BCUT2D eigenvalue weighted by Gasteiger charge is 2.03. The molecular weight excluding hydrogens is 202 g/mol. The summed E-state index contributed by atoms with van der Waals surface area (Å²) in [6, 6.07) is 10.2. The van der Waals surface area contributed by atoms with E-state index in [2.05, 4.69) is 22.1 Å². The summed E-state index contributed by atoms with van der Waals surface area (Å²) in [6.07, 6.45) is 2.97. The van der Waals surface area contributed by atoms with Crippen LogP contribution >= 0.6 is 0 Å². The number of hydrogen-bond donors (Lipinski definition) is 0. The fourth-order valence-electron chi connectivity index (χ4n) is 1.24. The second-order valence-corrected chi connectivity index (χ2v) is 3.16. The first-order valence-corrected chi connectivity index (χ1v) is 4.66. The number of aromatic nitrogens is 2. The van der Waals surface area contributed by atoms with E-state index in [1.807, 2.05) is 6.92 Å². The van der Waals surface area contributed by atoms with E-state index in [0.29, 0.717) is 11.3 Å². The van der Waals surface area contributed by atoms with Crippen molar-refractivity contribution >= 4 is 0 Å². The van der Waals surface area contributed by atoms with Gasteiger partial charge < -0.3 is 4.74 Å². The van der Waals surface area contributed by atoms with Crippen LogP contribution in [0.15, 0.2) is 30.6 Å². The second kappa shape index (κ2) is 4.41. The lowest BCUT2D eigenvalue weighted by Crippen LogP contribution is -1.92. The van der Waals surface area contributed by atoms with Crippen LogP contribution in [0.25, 0.3) is 0 Å². The number of rotatable bonds is 2. The standard InChI is InChI=1S/C12H8N3O/c1-9-7-10(8-13)3-4-11(9)16-12-14-5-2-6-15-12/h3-7H,1H3. The zero-order valence-corrected chi connectivity index (χ0v) is 8.64. The first-order chi connectivity index (χ1) is 7.79. The number of nitriles is 1. The Morgan fingerprint density at radius 2 is 2.06 bits per heavy atom. The van der Waals surface area contributed by atoms with Crippen LogP contribution in [0.3, 0.4) is 0 Å². The first kappa shape index (κ1) is 10.1. The minimum Gasteiger partial charge on any atom is -0.424 e. The fourth-order valence-corrected chi connectivity index (χ4v) is 1.24. The lowest BCUT2D eigenvalue weighted by molar-refractivity contribution is 0.438. The van der Waals surface area contributed by atoms with Gasteiger partial charge in [-0.1, -0.05) is 0 Å². The molecule has 77 valence electrons. The van der Waals surface area contributed by atoms with Crippen LogP contribution in [-0.2, 0) is 0 Å². The van der Waals surface area contributed by atoms with E-state index in [1.54, 1.807) is 18.2 Å². The molecule has 0 bridgehead atoms. The summed E-state index contributed by atoms with van der Waals surface area (Å²) < 4.78 is 5.46. The third-order valence-corrected chi connectivity index (χ3v) is 2.00. The van der Waals surface area contributed by atoms with Gasteiger partial charge in [-0.15, -0.1) is 0 Å². The fraction of sp³-hybridized carbons (Fsp3) is 0.0833. The molecule has 4 heteroatoms. The van der Waals surface area contributed by atoms with Crippen molar-refractivity contribution in [3.05, 3.63) is 47.8 Å². The maximum Gasteiger partial charge on any atom is 0.321 e. The maximum absolute atomic E-state index is 8.72. The average Bonchev–Trinajstić information content (AvgIpc) is 2.33. The van der Waals surface area contributed by atoms with Crippen molar-refractivity contribution in [2.75, 3.05) is 0 Å². The zero-order valence-electron chi connectivity index (χ0n) is 8.64. The van der Waals surface area contributed by atoms with Gasteiger partial charge in [-0.3, -0.25) is 0 Å². The van der Waals surface area contributed by atoms with E-state index < -0.39 is 0 Å². The minimum absolute atomic E-state index is 0.270. The monoisotopic (exact) mass is 210 g/mol. The molecular formula is C12H8N3O. The van der Waals surface area contributed by atoms with Crippen molar-refractivity contribution in [1.82, 2.24) is 9.97 Å². The van der Waals surface area contributed by atoms with Gasteiger partial charge >= 0.3 is 6.01 Å². The smallest absolute Gasteiger partial charge is 0.321 e. The van der Waals surface area contributed by atoms with E-state index in [1.165, 1.54) is 12.4 Å². The molecule has 1 radical (unpaired) electrons. The molecule has 0 spiro atoms. The van der Waals surface area contributed by atoms with Gasteiger partial charge in [0.1, 0.15) is 5.75 Å². The maximum atomic E-state index is 8.72. The molecule has 0 fully saturated rings. The molecule has 0 N–H and O–H groups in total. The second-order valence-electron chi connectivity index (χ2n) is 3.16. The third-order valence-electron chi connectivity index (χ3n) is 2.00. The molecule has 2 aromatic rings. The quantitative estimate of drug-likeness (QED) is 0.762. The van der Waals surface area contributed by atoms with E-state index in [9.17, 15) is 0 Å². The Kier molecular flexibility index (Phi) is 2.79. The molecule has 0 unspecified atom stereocenters. The summed E-state index contributed by atoms with van der Waals surface area (Å²) in [5, 5.41) is 8.72. The van der Waals surface area contributed by atoms with Crippen LogP contribution in [0.5, 0.6) is 11.8 Å².